The molecule has 3 heterocycles. The summed E-state index contributed by atoms with van der Waals surface area (Å²) in [7, 11) is -2.01. The SMILES string of the molecule is Cc1ccc(S(=O)(=O)n2c(-c3cn(C)c4ccc(OC[C@H](C)O)cc34)cc3cccnc32)cc1. The summed E-state index contributed by atoms with van der Waals surface area (Å²) in [5.41, 5.74) is 3.54. The Kier molecular flexibility index (Phi) is 5.42. The highest BCUT2D eigenvalue weighted by molar-refractivity contribution is 7.90. The van der Waals surface area contributed by atoms with Crippen LogP contribution in [0.25, 0.3) is 33.2 Å². The molecule has 8 heteroatoms. The van der Waals surface area contributed by atoms with E-state index in [1.54, 1.807) is 43.5 Å². The average molecular weight is 476 g/mol. The zero-order valence-corrected chi connectivity index (χ0v) is 20.0. The van der Waals surface area contributed by atoms with Gasteiger partial charge in [0.15, 0.2) is 5.65 Å². The highest BCUT2D eigenvalue weighted by Gasteiger charge is 2.26. The summed E-state index contributed by atoms with van der Waals surface area (Å²) in [5.74, 6) is 0.600. The van der Waals surface area contributed by atoms with Gasteiger partial charge in [0.05, 0.1) is 16.7 Å². The van der Waals surface area contributed by atoms with Crippen LogP contribution in [-0.4, -0.2) is 39.8 Å². The van der Waals surface area contributed by atoms with Crippen LogP contribution in [0.2, 0.25) is 0 Å². The Hall–Kier alpha value is -3.62. The molecule has 34 heavy (non-hydrogen) atoms. The van der Waals surface area contributed by atoms with Crippen molar-refractivity contribution in [3.63, 3.8) is 0 Å². The lowest BCUT2D eigenvalue weighted by molar-refractivity contribution is 0.123. The summed E-state index contributed by atoms with van der Waals surface area (Å²) in [4.78, 5) is 4.61. The second kappa shape index (κ2) is 8.30. The molecule has 0 aliphatic rings. The number of ether oxygens (including phenoxy) is 1. The summed E-state index contributed by atoms with van der Waals surface area (Å²) in [6, 6.07) is 18.0. The molecule has 0 unspecified atom stereocenters. The Morgan fingerprint density at radius 2 is 1.85 bits per heavy atom. The molecule has 0 bridgehead atoms. The molecular formula is C26H25N3O4S. The summed E-state index contributed by atoms with van der Waals surface area (Å²) in [5, 5.41) is 11.2. The minimum Gasteiger partial charge on any atom is -0.491 e. The molecule has 1 N–H and O–H groups in total. The van der Waals surface area contributed by atoms with Gasteiger partial charge in [-0.2, -0.15) is 0 Å². The van der Waals surface area contributed by atoms with Crippen LogP contribution in [0.15, 0.2) is 78.0 Å². The number of rotatable bonds is 6. The number of nitrogens with zero attached hydrogens (tertiary/aromatic N) is 3. The topological polar surface area (TPSA) is 86.4 Å². The molecule has 3 aromatic heterocycles. The maximum Gasteiger partial charge on any atom is 0.269 e. The van der Waals surface area contributed by atoms with Gasteiger partial charge < -0.3 is 14.4 Å². The Labute approximate surface area is 197 Å². The quantitative estimate of drug-likeness (QED) is 0.391. The van der Waals surface area contributed by atoms with Crippen molar-refractivity contribution in [2.24, 2.45) is 7.05 Å². The standard InChI is InChI=1S/C26H25N3O4S/c1-17-6-9-21(10-7-17)34(31,32)29-25(13-19-5-4-12-27-26(19)29)23-15-28(3)24-11-8-20(14-22(23)24)33-16-18(2)30/h4-15,18,30H,16H2,1-3H3/t18-/m0/s1. The minimum absolute atomic E-state index is 0.166. The molecule has 174 valence electrons. The third kappa shape index (κ3) is 3.74. The molecule has 0 fully saturated rings. The lowest BCUT2D eigenvalue weighted by atomic mass is 10.1. The van der Waals surface area contributed by atoms with Crippen LogP contribution in [0.4, 0.5) is 0 Å². The molecule has 5 aromatic rings. The summed E-state index contributed by atoms with van der Waals surface area (Å²) in [6.45, 7) is 3.75. The zero-order chi connectivity index (χ0) is 24.0. The first-order valence-corrected chi connectivity index (χ1v) is 12.4. The van der Waals surface area contributed by atoms with Gasteiger partial charge in [0.1, 0.15) is 12.4 Å². The van der Waals surface area contributed by atoms with Gasteiger partial charge >= 0.3 is 0 Å². The number of aryl methyl sites for hydroxylation is 2. The van der Waals surface area contributed by atoms with Crippen molar-refractivity contribution >= 4 is 32.0 Å². The van der Waals surface area contributed by atoms with E-state index < -0.39 is 16.1 Å². The number of aliphatic hydroxyl groups excluding tert-OH is 1. The third-order valence-corrected chi connectivity index (χ3v) is 7.53. The first kappa shape index (κ1) is 22.2. The number of aliphatic hydroxyl groups is 1. The van der Waals surface area contributed by atoms with E-state index in [-0.39, 0.29) is 11.5 Å². The molecule has 0 spiro atoms. The summed E-state index contributed by atoms with van der Waals surface area (Å²) in [6.07, 6.45) is 2.91. The first-order chi connectivity index (χ1) is 16.3. The fourth-order valence-corrected chi connectivity index (χ4v) is 5.62. The van der Waals surface area contributed by atoms with Crippen molar-refractivity contribution in [1.82, 2.24) is 13.5 Å². The highest BCUT2D eigenvalue weighted by atomic mass is 32.2. The largest absolute Gasteiger partial charge is 0.491 e. The molecule has 7 nitrogen and oxygen atoms in total. The van der Waals surface area contributed by atoms with Crippen molar-refractivity contribution in [1.29, 1.82) is 0 Å². The van der Waals surface area contributed by atoms with E-state index in [2.05, 4.69) is 4.98 Å². The Bertz CT molecular complexity index is 1610. The van der Waals surface area contributed by atoms with E-state index in [1.165, 1.54) is 3.97 Å². The molecule has 5 rings (SSSR count). The predicted octanol–water partition coefficient (Wildman–Crippen LogP) is 4.50. The number of pyridine rings is 1. The van der Waals surface area contributed by atoms with E-state index in [9.17, 15) is 13.5 Å². The van der Waals surface area contributed by atoms with Crippen LogP contribution in [0, 0.1) is 6.92 Å². The number of hydrogen-bond donors (Lipinski definition) is 1. The van der Waals surface area contributed by atoms with Crippen molar-refractivity contribution in [2.45, 2.75) is 24.8 Å². The van der Waals surface area contributed by atoms with Crippen LogP contribution in [0.1, 0.15) is 12.5 Å². The maximum atomic E-state index is 13.9. The van der Waals surface area contributed by atoms with Gasteiger partial charge in [-0.15, -0.1) is 0 Å². The zero-order valence-electron chi connectivity index (χ0n) is 19.1. The highest BCUT2D eigenvalue weighted by Crippen LogP contribution is 2.37. The smallest absolute Gasteiger partial charge is 0.269 e. The Balaban J connectivity index is 1.77. The van der Waals surface area contributed by atoms with Crippen LogP contribution in [-0.2, 0) is 17.1 Å². The van der Waals surface area contributed by atoms with Crippen molar-refractivity contribution < 1.29 is 18.3 Å². The van der Waals surface area contributed by atoms with Gasteiger partial charge in [-0.25, -0.2) is 17.4 Å². The van der Waals surface area contributed by atoms with Gasteiger partial charge in [-0.3, -0.25) is 0 Å². The molecule has 0 saturated carbocycles. The van der Waals surface area contributed by atoms with Crippen LogP contribution in [0.3, 0.4) is 0 Å². The number of benzene rings is 2. The molecule has 0 aliphatic carbocycles. The third-order valence-electron chi connectivity index (χ3n) is 5.81. The lowest BCUT2D eigenvalue weighted by Crippen LogP contribution is -2.14. The molecular weight excluding hydrogens is 450 g/mol. The fraction of sp³-hybridized carbons (Fsp3) is 0.192. The first-order valence-electron chi connectivity index (χ1n) is 10.9. The second-order valence-electron chi connectivity index (χ2n) is 8.52. The normalized spacial score (nSPS) is 12.9. The fourth-order valence-electron chi connectivity index (χ4n) is 4.14. The molecule has 0 saturated heterocycles. The lowest BCUT2D eigenvalue weighted by Gasteiger charge is -2.12. The Morgan fingerprint density at radius 1 is 1.09 bits per heavy atom. The van der Waals surface area contributed by atoms with Gasteiger partial charge in [-0.05, 0) is 62.4 Å². The monoisotopic (exact) mass is 475 g/mol. The van der Waals surface area contributed by atoms with Crippen molar-refractivity contribution in [3.05, 3.63) is 78.6 Å². The predicted molar refractivity (Wildman–Crippen MR) is 133 cm³/mol. The van der Waals surface area contributed by atoms with E-state index in [1.807, 2.05) is 55.1 Å². The molecule has 0 aliphatic heterocycles. The number of fused-ring (bicyclic) bond motifs is 2. The minimum atomic E-state index is -3.93. The maximum absolute atomic E-state index is 13.9. The average Bonchev–Trinajstić information content (AvgIpc) is 3.36. The molecule has 1 atom stereocenters. The van der Waals surface area contributed by atoms with Gasteiger partial charge in [0.2, 0.25) is 0 Å². The molecule has 0 amide bonds. The van der Waals surface area contributed by atoms with Crippen LogP contribution >= 0.6 is 0 Å². The van der Waals surface area contributed by atoms with E-state index in [0.29, 0.717) is 17.1 Å². The van der Waals surface area contributed by atoms with Gasteiger partial charge in [-0.1, -0.05) is 17.7 Å². The van der Waals surface area contributed by atoms with E-state index >= 15 is 0 Å². The van der Waals surface area contributed by atoms with Gasteiger partial charge in [0, 0.05) is 41.3 Å². The summed E-state index contributed by atoms with van der Waals surface area (Å²) >= 11 is 0. The Morgan fingerprint density at radius 3 is 2.59 bits per heavy atom. The van der Waals surface area contributed by atoms with Crippen molar-refractivity contribution in [3.8, 4) is 17.0 Å². The van der Waals surface area contributed by atoms with Crippen molar-refractivity contribution in [2.75, 3.05) is 6.61 Å². The number of aromatic nitrogens is 3. The van der Waals surface area contributed by atoms with Crippen LogP contribution < -0.4 is 4.74 Å². The number of hydrogen-bond acceptors (Lipinski definition) is 5. The van der Waals surface area contributed by atoms with E-state index in [4.69, 9.17) is 4.74 Å². The summed E-state index contributed by atoms with van der Waals surface area (Å²) < 4.78 is 36.7. The second-order valence-corrected chi connectivity index (χ2v) is 10.3. The van der Waals surface area contributed by atoms with E-state index in [0.717, 1.165) is 27.4 Å². The van der Waals surface area contributed by atoms with Gasteiger partial charge in [0.25, 0.3) is 10.0 Å². The molecule has 2 aromatic carbocycles. The van der Waals surface area contributed by atoms with Crippen LogP contribution in [0.5, 0.6) is 5.75 Å². The molecule has 0 radical (unpaired) electrons.